The standard InChI is InChI=1S/C19H12Cl2F4N4O/c20-14-2-1-11(6-15(14)21)29-17-7-13(19(23,24)25)12(9-27-17)18(30)28-8-10-3-4-26-16(22)5-10/h1-7,9H,8H2,(H,27,29)(H,28,30). The second-order valence-electron chi connectivity index (χ2n) is 6.04. The minimum atomic E-state index is -4.81. The average molecular weight is 459 g/mol. The topological polar surface area (TPSA) is 66.9 Å². The molecule has 0 atom stereocenters. The summed E-state index contributed by atoms with van der Waals surface area (Å²) in [4.78, 5) is 19.5. The first-order valence-corrected chi connectivity index (χ1v) is 9.07. The second kappa shape index (κ2) is 8.85. The summed E-state index contributed by atoms with van der Waals surface area (Å²) in [5, 5.41) is 5.49. The van der Waals surface area contributed by atoms with Crippen LogP contribution >= 0.6 is 23.2 Å². The SMILES string of the molecule is O=C(NCc1ccnc(F)c1)c1cnc(Nc2ccc(Cl)c(Cl)c2)cc1C(F)(F)F. The molecule has 0 unspecified atom stereocenters. The largest absolute Gasteiger partial charge is 0.417 e. The van der Waals surface area contributed by atoms with Crippen LogP contribution in [0.15, 0.2) is 48.8 Å². The van der Waals surface area contributed by atoms with Gasteiger partial charge in [0, 0.05) is 24.6 Å². The van der Waals surface area contributed by atoms with E-state index in [0.29, 0.717) is 17.3 Å². The lowest BCUT2D eigenvalue weighted by atomic mass is 10.1. The maximum atomic E-state index is 13.5. The number of nitrogens with one attached hydrogen (secondary N) is 2. The molecule has 30 heavy (non-hydrogen) atoms. The number of carbonyl (C=O) groups excluding carboxylic acids is 1. The number of nitrogens with zero attached hydrogens (tertiary/aromatic N) is 2. The second-order valence-corrected chi connectivity index (χ2v) is 6.85. The third kappa shape index (κ3) is 5.37. The fraction of sp³-hybridized carbons (Fsp3) is 0.105. The number of alkyl halides is 3. The Morgan fingerprint density at radius 1 is 1.03 bits per heavy atom. The van der Waals surface area contributed by atoms with Gasteiger partial charge in [-0.3, -0.25) is 4.79 Å². The van der Waals surface area contributed by atoms with Gasteiger partial charge in [-0.15, -0.1) is 0 Å². The van der Waals surface area contributed by atoms with E-state index in [-0.39, 0.29) is 22.4 Å². The summed E-state index contributed by atoms with van der Waals surface area (Å²) in [6, 6.07) is 7.61. The molecule has 2 aromatic heterocycles. The number of amides is 1. The number of aromatic nitrogens is 2. The summed E-state index contributed by atoms with van der Waals surface area (Å²) in [7, 11) is 0. The van der Waals surface area contributed by atoms with Gasteiger partial charge >= 0.3 is 6.18 Å². The van der Waals surface area contributed by atoms with Gasteiger partial charge in [-0.2, -0.15) is 17.6 Å². The molecular weight excluding hydrogens is 447 g/mol. The van der Waals surface area contributed by atoms with Crippen molar-refractivity contribution in [1.29, 1.82) is 0 Å². The molecule has 0 aliphatic heterocycles. The van der Waals surface area contributed by atoms with Crippen molar-refractivity contribution in [3.05, 3.63) is 81.5 Å². The lowest BCUT2D eigenvalue weighted by Gasteiger charge is -2.15. The number of rotatable bonds is 5. The van der Waals surface area contributed by atoms with E-state index >= 15 is 0 Å². The zero-order valence-corrected chi connectivity index (χ0v) is 16.4. The summed E-state index contributed by atoms with van der Waals surface area (Å²) < 4.78 is 53.7. The molecule has 2 N–H and O–H groups in total. The minimum absolute atomic E-state index is 0.145. The first-order chi connectivity index (χ1) is 14.1. The molecule has 0 aliphatic carbocycles. The number of hydrogen-bond donors (Lipinski definition) is 2. The molecule has 0 radical (unpaired) electrons. The Balaban J connectivity index is 1.83. The van der Waals surface area contributed by atoms with E-state index < -0.39 is 29.2 Å². The molecule has 0 saturated carbocycles. The van der Waals surface area contributed by atoms with Gasteiger partial charge in [-0.05, 0) is 42.0 Å². The number of hydrogen-bond acceptors (Lipinski definition) is 4. The van der Waals surface area contributed by atoms with Crippen LogP contribution in [-0.4, -0.2) is 15.9 Å². The fourth-order valence-electron chi connectivity index (χ4n) is 2.49. The van der Waals surface area contributed by atoms with Crippen LogP contribution in [0.1, 0.15) is 21.5 Å². The molecule has 156 valence electrons. The maximum Gasteiger partial charge on any atom is 0.417 e. The third-order valence-corrected chi connectivity index (χ3v) is 4.63. The van der Waals surface area contributed by atoms with Crippen LogP contribution in [-0.2, 0) is 12.7 Å². The van der Waals surface area contributed by atoms with E-state index in [1.807, 2.05) is 0 Å². The Kier molecular flexibility index (Phi) is 6.42. The molecule has 0 aliphatic rings. The van der Waals surface area contributed by atoms with Crippen LogP contribution in [0.3, 0.4) is 0 Å². The summed E-state index contributed by atoms with van der Waals surface area (Å²) in [6.45, 7) is -0.182. The summed E-state index contributed by atoms with van der Waals surface area (Å²) in [6.07, 6.45) is -2.82. The maximum absolute atomic E-state index is 13.5. The summed E-state index contributed by atoms with van der Waals surface area (Å²) in [5.41, 5.74) is -1.15. The average Bonchev–Trinajstić information content (AvgIpc) is 2.68. The van der Waals surface area contributed by atoms with Crippen LogP contribution in [0, 0.1) is 5.95 Å². The Hall–Kier alpha value is -2.91. The van der Waals surface area contributed by atoms with Gasteiger partial charge in [0.1, 0.15) is 5.82 Å². The van der Waals surface area contributed by atoms with Gasteiger partial charge in [-0.1, -0.05) is 23.2 Å². The van der Waals surface area contributed by atoms with Gasteiger partial charge in [0.05, 0.1) is 21.2 Å². The van der Waals surface area contributed by atoms with Crippen LogP contribution in [0.4, 0.5) is 29.1 Å². The zero-order valence-electron chi connectivity index (χ0n) is 14.9. The quantitative estimate of drug-likeness (QED) is 0.384. The van der Waals surface area contributed by atoms with Crippen LogP contribution < -0.4 is 10.6 Å². The summed E-state index contributed by atoms with van der Waals surface area (Å²) in [5.74, 6) is -1.92. The monoisotopic (exact) mass is 458 g/mol. The smallest absolute Gasteiger partial charge is 0.348 e. The number of benzene rings is 1. The first-order valence-electron chi connectivity index (χ1n) is 8.31. The predicted octanol–water partition coefficient (Wildman–Crippen LogP) is 5.61. The lowest BCUT2D eigenvalue weighted by molar-refractivity contribution is -0.137. The molecule has 2 heterocycles. The van der Waals surface area contributed by atoms with E-state index in [9.17, 15) is 22.4 Å². The van der Waals surface area contributed by atoms with Gasteiger partial charge < -0.3 is 10.6 Å². The van der Waals surface area contributed by atoms with Crippen molar-refractivity contribution in [1.82, 2.24) is 15.3 Å². The highest BCUT2D eigenvalue weighted by molar-refractivity contribution is 6.42. The van der Waals surface area contributed by atoms with Crippen molar-refractivity contribution < 1.29 is 22.4 Å². The molecule has 5 nitrogen and oxygen atoms in total. The Labute approximate surface area is 178 Å². The molecule has 0 fully saturated rings. The molecule has 3 rings (SSSR count). The van der Waals surface area contributed by atoms with Gasteiger partial charge in [0.25, 0.3) is 5.91 Å². The first kappa shape index (κ1) is 21.8. The number of pyridine rings is 2. The predicted molar refractivity (Wildman–Crippen MR) is 104 cm³/mol. The van der Waals surface area contributed by atoms with E-state index in [4.69, 9.17) is 23.2 Å². The van der Waals surface area contributed by atoms with Crippen molar-refractivity contribution in [2.75, 3.05) is 5.32 Å². The van der Waals surface area contributed by atoms with Crippen LogP contribution in [0.2, 0.25) is 10.0 Å². The minimum Gasteiger partial charge on any atom is -0.348 e. The molecule has 1 amide bonds. The molecule has 1 aromatic carbocycles. The molecule has 0 bridgehead atoms. The molecule has 3 aromatic rings. The number of halogens is 6. The fourth-order valence-corrected chi connectivity index (χ4v) is 2.79. The molecule has 11 heteroatoms. The molecule has 0 spiro atoms. The van der Waals surface area contributed by atoms with Crippen molar-refractivity contribution >= 4 is 40.6 Å². The van der Waals surface area contributed by atoms with E-state index in [2.05, 4.69) is 20.6 Å². The summed E-state index contributed by atoms with van der Waals surface area (Å²) >= 11 is 11.7. The normalized spacial score (nSPS) is 11.3. The van der Waals surface area contributed by atoms with Crippen LogP contribution in [0.5, 0.6) is 0 Å². The highest BCUT2D eigenvalue weighted by Crippen LogP contribution is 2.34. The van der Waals surface area contributed by atoms with E-state index in [0.717, 1.165) is 12.3 Å². The molecular formula is C19H12Cl2F4N4O. The van der Waals surface area contributed by atoms with E-state index in [1.54, 1.807) is 0 Å². The highest BCUT2D eigenvalue weighted by atomic mass is 35.5. The van der Waals surface area contributed by atoms with E-state index in [1.165, 1.54) is 30.5 Å². The highest BCUT2D eigenvalue weighted by Gasteiger charge is 2.36. The van der Waals surface area contributed by atoms with Gasteiger partial charge in [0.2, 0.25) is 5.95 Å². The third-order valence-electron chi connectivity index (χ3n) is 3.89. The van der Waals surface area contributed by atoms with Crippen molar-refractivity contribution in [3.63, 3.8) is 0 Å². The van der Waals surface area contributed by atoms with Crippen molar-refractivity contribution in [2.24, 2.45) is 0 Å². The van der Waals surface area contributed by atoms with Gasteiger partial charge in [-0.25, -0.2) is 9.97 Å². The Morgan fingerprint density at radius 2 is 1.80 bits per heavy atom. The zero-order chi connectivity index (χ0) is 21.9. The number of carbonyl (C=O) groups is 1. The lowest BCUT2D eigenvalue weighted by Crippen LogP contribution is -2.26. The van der Waals surface area contributed by atoms with Crippen molar-refractivity contribution in [3.8, 4) is 0 Å². The Bertz CT molecular complexity index is 1090. The molecule has 0 saturated heterocycles. The van der Waals surface area contributed by atoms with Crippen LogP contribution in [0.25, 0.3) is 0 Å². The Morgan fingerprint density at radius 3 is 2.47 bits per heavy atom. The van der Waals surface area contributed by atoms with Gasteiger partial charge in [0.15, 0.2) is 0 Å². The number of anilines is 2. The van der Waals surface area contributed by atoms with Crippen molar-refractivity contribution in [2.45, 2.75) is 12.7 Å².